The van der Waals surface area contributed by atoms with Crippen LogP contribution in [0.25, 0.3) is 0 Å². The van der Waals surface area contributed by atoms with Gasteiger partial charge in [-0.05, 0) is 31.5 Å². The minimum absolute atomic E-state index is 0.272. The van der Waals surface area contributed by atoms with E-state index in [0.717, 1.165) is 28.5 Å². The fourth-order valence-electron chi connectivity index (χ4n) is 2.50. The minimum Gasteiger partial charge on any atom is -0.454 e. The van der Waals surface area contributed by atoms with E-state index in [1.165, 1.54) is 0 Å². The zero-order valence-corrected chi connectivity index (χ0v) is 13.9. The molecule has 4 rings (SSSR count). The van der Waals surface area contributed by atoms with Crippen molar-refractivity contribution in [1.82, 2.24) is 15.1 Å². The smallest absolute Gasteiger partial charge is 0.231 e. The van der Waals surface area contributed by atoms with Crippen LogP contribution in [0.2, 0.25) is 0 Å². The summed E-state index contributed by atoms with van der Waals surface area (Å²) in [6.07, 6.45) is 0. The second kappa shape index (κ2) is 6.31. The summed E-state index contributed by atoms with van der Waals surface area (Å²) in [6.45, 7) is 4.61. The van der Waals surface area contributed by atoms with Crippen LogP contribution in [0.15, 0.2) is 34.9 Å². The van der Waals surface area contributed by atoms with Crippen molar-refractivity contribution in [3.8, 4) is 11.5 Å². The van der Waals surface area contributed by atoms with Gasteiger partial charge < -0.3 is 24.6 Å². The highest BCUT2D eigenvalue weighted by atomic mass is 16.7. The molecular formula is C17H17N5O3. The average Bonchev–Trinajstić information content (AvgIpc) is 3.20. The molecule has 0 saturated carbocycles. The number of aromatic nitrogens is 3. The first-order valence-electron chi connectivity index (χ1n) is 7.84. The van der Waals surface area contributed by atoms with Gasteiger partial charge in [-0.3, -0.25) is 0 Å². The molecule has 0 atom stereocenters. The van der Waals surface area contributed by atoms with E-state index in [-0.39, 0.29) is 6.79 Å². The summed E-state index contributed by atoms with van der Waals surface area (Å²) in [4.78, 5) is 8.81. The van der Waals surface area contributed by atoms with Crippen molar-refractivity contribution < 1.29 is 14.0 Å². The second-order valence-electron chi connectivity index (χ2n) is 5.71. The van der Waals surface area contributed by atoms with Crippen LogP contribution in [0, 0.1) is 13.8 Å². The van der Waals surface area contributed by atoms with Crippen molar-refractivity contribution in [3.63, 3.8) is 0 Å². The molecule has 0 amide bonds. The fourth-order valence-corrected chi connectivity index (χ4v) is 2.50. The number of benzene rings is 1. The molecule has 8 heteroatoms. The Morgan fingerprint density at radius 3 is 2.72 bits per heavy atom. The van der Waals surface area contributed by atoms with E-state index in [1.807, 2.05) is 38.1 Å². The lowest BCUT2D eigenvalue weighted by molar-refractivity contribution is 0.174. The molecule has 8 nitrogen and oxygen atoms in total. The molecule has 0 unspecified atom stereocenters. The lowest BCUT2D eigenvalue weighted by Crippen LogP contribution is -2.05. The van der Waals surface area contributed by atoms with E-state index in [4.69, 9.17) is 14.0 Å². The Kier molecular flexibility index (Phi) is 3.85. The predicted octanol–water partition coefficient (Wildman–Crippen LogP) is 3.17. The standard InChI is InChI=1S/C17H17N5O3/c1-10-5-15(20-17(19-10)21-16-6-11(2)25-22-16)18-8-12-3-4-13-14(7-12)24-9-23-13/h3-7H,8-9H2,1-2H3,(H2,18,19,20,21,22). The molecule has 25 heavy (non-hydrogen) atoms. The third kappa shape index (κ3) is 3.47. The second-order valence-corrected chi connectivity index (χ2v) is 5.71. The molecule has 0 bridgehead atoms. The molecule has 0 fully saturated rings. The van der Waals surface area contributed by atoms with E-state index in [2.05, 4.69) is 25.8 Å². The predicted molar refractivity (Wildman–Crippen MR) is 91.2 cm³/mol. The van der Waals surface area contributed by atoms with Crippen LogP contribution in [-0.2, 0) is 6.54 Å². The molecule has 2 aromatic heterocycles. The molecule has 1 aliphatic rings. The van der Waals surface area contributed by atoms with E-state index < -0.39 is 0 Å². The Morgan fingerprint density at radius 1 is 1.00 bits per heavy atom. The molecular weight excluding hydrogens is 322 g/mol. The van der Waals surface area contributed by atoms with Crippen LogP contribution in [0.1, 0.15) is 17.0 Å². The Balaban J connectivity index is 1.46. The number of anilines is 3. The highest BCUT2D eigenvalue weighted by Gasteiger charge is 2.13. The summed E-state index contributed by atoms with van der Waals surface area (Å²) in [5, 5.41) is 10.2. The lowest BCUT2D eigenvalue weighted by Gasteiger charge is -2.09. The Bertz CT molecular complexity index is 909. The topological polar surface area (TPSA) is 94.3 Å². The van der Waals surface area contributed by atoms with Crippen LogP contribution in [0.5, 0.6) is 11.5 Å². The van der Waals surface area contributed by atoms with Crippen molar-refractivity contribution in [2.24, 2.45) is 0 Å². The third-order valence-corrected chi connectivity index (χ3v) is 3.63. The monoisotopic (exact) mass is 339 g/mol. The van der Waals surface area contributed by atoms with Gasteiger partial charge in [-0.15, -0.1) is 0 Å². The zero-order valence-electron chi connectivity index (χ0n) is 13.9. The van der Waals surface area contributed by atoms with Crippen LogP contribution in [0.3, 0.4) is 0 Å². The number of rotatable bonds is 5. The maximum absolute atomic E-state index is 5.40. The lowest BCUT2D eigenvalue weighted by atomic mass is 10.2. The number of aryl methyl sites for hydroxylation is 2. The van der Waals surface area contributed by atoms with E-state index >= 15 is 0 Å². The molecule has 1 aromatic carbocycles. The number of hydrogen-bond acceptors (Lipinski definition) is 8. The van der Waals surface area contributed by atoms with E-state index in [0.29, 0.717) is 24.1 Å². The summed E-state index contributed by atoms with van der Waals surface area (Å²) in [6, 6.07) is 9.52. The van der Waals surface area contributed by atoms with Gasteiger partial charge in [0.25, 0.3) is 0 Å². The Morgan fingerprint density at radius 2 is 1.88 bits per heavy atom. The van der Waals surface area contributed by atoms with E-state index in [1.54, 1.807) is 6.07 Å². The molecule has 3 heterocycles. The average molecular weight is 339 g/mol. The van der Waals surface area contributed by atoms with Gasteiger partial charge in [0, 0.05) is 24.4 Å². The van der Waals surface area contributed by atoms with Gasteiger partial charge in [0.1, 0.15) is 11.6 Å². The Hall–Kier alpha value is -3.29. The van der Waals surface area contributed by atoms with Gasteiger partial charge in [0.15, 0.2) is 17.3 Å². The number of nitrogens with zero attached hydrogens (tertiary/aromatic N) is 3. The normalized spacial score (nSPS) is 12.2. The van der Waals surface area contributed by atoms with Crippen molar-refractivity contribution in [1.29, 1.82) is 0 Å². The van der Waals surface area contributed by atoms with Crippen LogP contribution >= 0.6 is 0 Å². The quantitative estimate of drug-likeness (QED) is 0.732. The fraction of sp³-hybridized carbons (Fsp3) is 0.235. The summed E-state index contributed by atoms with van der Waals surface area (Å²) >= 11 is 0. The molecule has 3 aromatic rings. The number of hydrogen-bond donors (Lipinski definition) is 2. The van der Waals surface area contributed by atoms with Gasteiger partial charge >= 0.3 is 0 Å². The van der Waals surface area contributed by atoms with Gasteiger partial charge in [-0.25, -0.2) is 4.98 Å². The first-order chi connectivity index (χ1) is 12.2. The molecule has 0 saturated heterocycles. The molecule has 128 valence electrons. The highest BCUT2D eigenvalue weighted by molar-refractivity contribution is 5.51. The molecule has 0 spiro atoms. The first-order valence-corrected chi connectivity index (χ1v) is 7.84. The molecule has 0 radical (unpaired) electrons. The first kappa shape index (κ1) is 15.3. The van der Waals surface area contributed by atoms with Crippen molar-refractivity contribution >= 4 is 17.6 Å². The van der Waals surface area contributed by atoms with Crippen LogP contribution < -0.4 is 20.1 Å². The maximum atomic E-state index is 5.40. The SMILES string of the molecule is Cc1cc(NCc2ccc3c(c2)OCO3)nc(Nc2cc(C)on2)n1. The largest absolute Gasteiger partial charge is 0.454 e. The minimum atomic E-state index is 0.272. The summed E-state index contributed by atoms with van der Waals surface area (Å²) in [5.74, 6) is 4.01. The number of nitrogens with one attached hydrogen (secondary N) is 2. The van der Waals surface area contributed by atoms with Crippen molar-refractivity contribution in [2.75, 3.05) is 17.4 Å². The van der Waals surface area contributed by atoms with Gasteiger partial charge in [-0.2, -0.15) is 4.98 Å². The van der Waals surface area contributed by atoms with Crippen molar-refractivity contribution in [3.05, 3.63) is 47.3 Å². The van der Waals surface area contributed by atoms with Gasteiger partial charge in [0.05, 0.1) is 0 Å². The van der Waals surface area contributed by atoms with Gasteiger partial charge in [0.2, 0.25) is 12.7 Å². The molecule has 1 aliphatic heterocycles. The number of ether oxygens (including phenoxy) is 2. The maximum Gasteiger partial charge on any atom is 0.231 e. The van der Waals surface area contributed by atoms with Crippen LogP contribution in [0.4, 0.5) is 17.6 Å². The van der Waals surface area contributed by atoms with Crippen molar-refractivity contribution in [2.45, 2.75) is 20.4 Å². The van der Waals surface area contributed by atoms with Gasteiger partial charge in [-0.1, -0.05) is 11.2 Å². The van der Waals surface area contributed by atoms with E-state index in [9.17, 15) is 0 Å². The summed E-state index contributed by atoms with van der Waals surface area (Å²) < 4.78 is 15.8. The summed E-state index contributed by atoms with van der Waals surface area (Å²) in [7, 11) is 0. The zero-order chi connectivity index (χ0) is 17.2. The summed E-state index contributed by atoms with van der Waals surface area (Å²) in [5.41, 5.74) is 1.91. The van der Waals surface area contributed by atoms with Crippen LogP contribution in [-0.4, -0.2) is 21.9 Å². The number of fused-ring (bicyclic) bond motifs is 1. The highest BCUT2D eigenvalue weighted by Crippen LogP contribution is 2.32. The molecule has 0 aliphatic carbocycles. The Labute approximate surface area is 144 Å². The third-order valence-electron chi connectivity index (χ3n) is 3.63. The molecule has 2 N–H and O–H groups in total.